The first-order chi connectivity index (χ1) is 4.33. The van der Waals surface area contributed by atoms with Gasteiger partial charge in [-0.3, -0.25) is 0 Å². The fraction of sp³-hybridized carbons (Fsp3) is 1.00. The van der Waals surface area contributed by atoms with E-state index in [1.54, 1.807) is 0 Å². The normalized spacial score (nSPS) is 7.11. The first-order valence-corrected chi connectivity index (χ1v) is 9.62. The Hall–Kier alpha value is 2.13. The SMILES string of the molecule is CCCCCCl.[Cl][Ca][Cl]. The second-order valence-corrected chi connectivity index (χ2v) is 5.52. The van der Waals surface area contributed by atoms with Crippen LogP contribution in [0.5, 0.6) is 0 Å². The molecule has 0 unspecified atom stereocenters. The molecule has 0 atom stereocenters. The zero-order chi connectivity index (χ0) is 7.54. The van der Waals surface area contributed by atoms with E-state index in [0.29, 0.717) is 0 Å². The van der Waals surface area contributed by atoms with E-state index in [1.165, 1.54) is 19.3 Å². The van der Waals surface area contributed by atoms with Crippen molar-refractivity contribution in [3.63, 3.8) is 0 Å². The Morgan fingerprint density at radius 3 is 1.78 bits per heavy atom. The Kier molecular flexibility index (Phi) is 25.3. The molecule has 0 bridgehead atoms. The summed E-state index contributed by atoms with van der Waals surface area (Å²) >= 11 is 4.45. The molecule has 54 valence electrons. The van der Waals surface area contributed by atoms with Gasteiger partial charge in [-0.1, -0.05) is 19.8 Å². The predicted octanol–water partition coefficient (Wildman–Crippen LogP) is 3.41. The Morgan fingerprint density at radius 1 is 1.22 bits per heavy atom. The van der Waals surface area contributed by atoms with Crippen LogP contribution in [0.15, 0.2) is 0 Å². The number of alkyl halides is 1. The first kappa shape index (κ1) is 13.7. The molecule has 0 aliphatic carbocycles. The third-order valence-corrected chi connectivity index (χ3v) is 1.00. The van der Waals surface area contributed by atoms with Crippen LogP contribution in [0.3, 0.4) is 0 Å². The zero-order valence-electron chi connectivity index (χ0n) is 5.67. The van der Waals surface area contributed by atoms with E-state index < -0.39 is 30.8 Å². The topological polar surface area (TPSA) is 0 Å². The summed E-state index contributed by atoms with van der Waals surface area (Å²) in [5, 5.41) is 0. The van der Waals surface area contributed by atoms with Gasteiger partial charge in [-0.15, -0.1) is 11.6 Å². The van der Waals surface area contributed by atoms with E-state index in [2.05, 4.69) is 6.92 Å². The van der Waals surface area contributed by atoms with Crippen molar-refractivity contribution < 1.29 is 0 Å². The van der Waals surface area contributed by atoms with Gasteiger partial charge in [-0.2, -0.15) is 0 Å². The van der Waals surface area contributed by atoms with Gasteiger partial charge in [0.2, 0.25) is 0 Å². The molecule has 0 aromatic rings. The number of rotatable bonds is 3. The summed E-state index contributed by atoms with van der Waals surface area (Å²) in [5.41, 5.74) is 0. The molecule has 0 amide bonds. The minimum atomic E-state index is -0.931. The fourth-order valence-electron chi connectivity index (χ4n) is 0.344. The number of unbranched alkanes of at least 4 members (excludes halogenated alkanes) is 2. The van der Waals surface area contributed by atoms with Gasteiger partial charge in [0.25, 0.3) is 0 Å². The molecule has 0 rings (SSSR count). The van der Waals surface area contributed by atoms with Gasteiger partial charge < -0.3 is 0 Å². The van der Waals surface area contributed by atoms with Crippen LogP contribution in [0.4, 0.5) is 0 Å². The van der Waals surface area contributed by atoms with E-state index in [-0.39, 0.29) is 0 Å². The predicted molar refractivity (Wildman–Crippen MR) is 47.7 cm³/mol. The summed E-state index contributed by atoms with van der Waals surface area (Å²) in [7, 11) is 0. The molecule has 0 saturated carbocycles. The van der Waals surface area contributed by atoms with Gasteiger partial charge >= 0.3 is 43.6 Å². The molecule has 0 spiro atoms. The monoisotopic (exact) mass is 216 g/mol. The summed E-state index contributed by atoms with van der Waals surface area (Å²) in [6, 6.07) is 0. The van der Waals surface area contributed by atoms with Crippen LogP contribution in [0.25, 0.3) is 0 Å². The number of hydrogen-bond acceptors (Lipinski definition) is 0. The van der Waals surface area contributed by atoms with Crippen LogP contribution in [0.1, 0.15) is 26.2 Å². The maximum absolute atomic E-state index is 5.38. The fourth-order valence-corrected chi connectivity index (χ4v) is 0.533. The van der Waals surface area contributed by atoms with Crippen LogP contribution in [0, 0.1) is 0 Å². The summed E-state index contributed by atoms with van der Waals surface area (Å²) in [5.74, 6) is 0.827. The van der Waals surface area contributed by atoms with E-state index in [0.717, 1.165) is 5.88 Å². The molecule has 0 aliphatic heterocycles. The summed E-state index contributed by atoms with van der Waals surface area (Å²) in [6.07, 6.45) is 13.6. The molecule has 0 aromatic carbocycles. The molecular weight excluding hydrogens is 206 g/mol. The molecule has 0 N–H and O–H groups in total. The quantitative estimate of drug-likeness (QED) is 0.386. The van der Waals surface area contributed by atoms with Gasteiger partial charge in [0.05, 0.1) is 0 Å². The van der Waals surface area contributed by atoms with E-state index in [9.17, 15) is 0 Å². The van der Waals surface area contributed by atoms with Crippen LogP contribution < -0.4 is 0 Å². The van der Waals surface area contributed by atoms with Crippen molar-refractivity contribution >= 4 is 55.2 Å². The maximum atomic E-state index is 5.38. The Bertz CT molecular complexity index is 31.4. The molecule has 0 fully saturated rings. The zero-order valence-corrected chi connectivity index (χ0v) is 10.1. The molecule has 9 heavy (non-hydrogen) atoms. The first-order valence-electron chi connectivity index (χ1n) is 3.01. The molecule has 0 heterocycles. The van der Waals surface area contributed by atoms with Crippen molar-refractivity contribution in [3.8, 4) is 0 Å². The van der Waals surface area contributed by atoms with Crippen molar-refractivity contribution in [2.24, 2.45) is 0 Å². The van der Waals surface area contributed by atoms with Crippen molar-refractivity contribution in [1.82, 2.24) is 0 Å². The van der Waals surface area contributed by atoms with Crippen molar-refractivity contribution in [2.45, 2.75) is 26.2 Å². The van der Waals surface area contributed by atoms with E-state index in [4.69, 9.17) is 24.4 Å². The van der Waals surface area contributed by atoms with Crippen molar-refractivity contribution in [2.75, 3.05) is 5.88 Å². The van der Waals surface area contributed by atoms with Crippen molar-refractivity contribution in [3.05, 3.63) is 0 Å². The number of halogens is 3. The molecule has 0 aliphatic rings. The van der Waals surface area contributed by atoms with Crippen LogP contribution in [-0.2, 0) is 0 Å². The van der Waals surface area contributed by atoms with E-state index in [1.807, 2.05) is 0 Å². The summed E-state index contributed by atoms with van der Waals surface area (Å²) in [4.78, 5) is 0. The molecule has 0 radical (unpaired) electrons. The Balaban J connectivity index is 0. The summed E-state index contributed by atoms with van der Waals surface area (Å²) < 4.78 is 0. The van der Waals surface area contributed by atoms with Crippen LogP contribution in [0.2, 0.25) is 0 Å². The van der Waals surface area contributed by atoms with Gasteiger partial charge in [0, 0.05) is 5.88 Å². The Labute approximate surface area is 86.0 Å². The molecule has 0 nitrogen and oxygen atoms in total. The van der Waals surface area contributed by atoms with Gasteiger partial charge in [0.15, 0.2) is 0 Å². The standard InChI is InChI=1S/C5H11Cl.Ca.2ClH/c1-2-3-4-5-6;;;/h2-5H2,1H3;;2*1H/q;+2;;/p-2. The molecule has 0 aromatic heterocycles. The second-order valence-electron chi connectivity index (χ2n) is 1.50. The average molecular weight is 218 g/mol. The Morgan fingerprint density at radius 2 is 1.67 bits per heavy atom. The molecule has 0 saturated heterocycles. The molecular formula is C5H11CaCl3. The molecule has 4 heteroatoms. The van der Waals surface area contributed by atoms with Crippen molar-refractivity contribution in [1.29, 1.82) is 0 Å². The average Bonchev–Trinajstić information content (AvgIpc) is 1.86. The second kappa shape index (κ2) is 16.6. The van der Waals surface area contributed by atoms with Gasteiger partial charge in [0.1, 0.15) is 0 Å². The van der Waals surface area contributed by atoms with E-state index >= 15 is 0 Å². The third-order valence-electron chi connectivity index (χ3n) is 0.737. The van der Waals surface area contributed by atoms with Gasteiger partial charge in [-0.05, 0) is 6.42 Å². The number of hydrogen-bond donors (Lipinski definition) is 0. The van der Waals surface area contributed by atoms with Crippen LogP contribution in [-0.4, -0.2) is 36.7 Å². The van der Waals surface area contributed by atoms with Crippen LogP contribution >= 0.6 is 24.4 Å². The van der Waals surface area contributed by atoms with Gasteiger partial charge in [-0.25, -0.2) is 0 Å². The third kappa shape index (κ3) is 25.4. The summed E-state index contributed by atoms with van der Waals surface area (Å²) in [6.45, 7) is 2.17. The minimum absolute atomic E-state index is 0.827.